The van der Waals surface area contributed by atoms with Crippen molar-refractivity contribution in [2.24, 2.45) is 0 Å². The second-order valence-electron chi connectivity index (χ2n) is 5.01. The molecule has 0 fully saturated rings. The van der Waals surface area contributed by atoms with Gasteiger partial charge in [-0.3, -0.25) is 4.42 Å². The van der Waals surface area contributed by atoms with Crippen molar-refractivity contribution in [3.05, 3.63) is 46.2 Å². The maximum Gasteiger partial charge on any atom is 0.117 e. The number of benzene rings is 1. The molecule has 1 heterocycles. The Balaban J connectivity index is 2.12. The van der Waals surface area contributed by atoms with E-state index in [4.69, 9.17) is 11.8 Å². The molecule has 1 unspecified atom stereocenters. The molecule has 0 spiro atoms. The second-order valence-corrected chi connectivity index (χ2v) is 6.29. The van der Waals surface area contributed by atoms with Crippen molar-refractivity contribution in [2.75, 3.05) is 6.61 Å². The van der Waals surface area contributed by atoms with Gasteiger partial charge in [-0.15, -0.1) is 0 Å². The molecular weight excluding hydrogens is 340 g/mol. The van der Waals surface area contributed by atoms with E-state index in [0.29, 0.717) is 0 Å². The zero-order chi connectivity index (χ0) is 14.5. The quantitative estimate of drug-likeness (QED) is 0.776. The van der Waals surface area contributed by atoms with Gasteiger partial charge in [0.2, 0.25) is 0 Å². The molecule has 0 radical (unpaired) electrons. The van der Waals surface area contributed by atoms with Crippen LogP contribution >= 0.6 is 27.7 Å². The lowest BCUT2D eigenvalue weighted by Crippen LogP contribution is -2.34. The molecule has 1 aromatic rings. The molecule has 5 heteroatoms. The Morgan fingerprint density at radius 3 is 2.85 bits per heavy atom. The first kappa shape index (κ1) is 15.7. The molecule has 0 bridgehead atoms. The van der Waals surface area contributed by atoms with Gasteiger partial charge in [-0.05, 0) is 30.5 Å². The highest BCUT2D eigenvalue weighted by atomic mass is 79.9. The molecular formula is C15H20BrClN2O. The highest BCUT2D eigenvalue weighted by Crippen LogP contribution is 2.30. The predicted molar refractivity (Wildman–Crippen MR) is 85.9 cm³/mol. The van der Waals surface area contributed by atoms with Gasteiger partial charge >= 0.3 is 0 Å². The first-order valence-corrected chi connectivity index (χ1v) is 8.05. The number of aliphatic hydroxyl groups excluding tert-OH is 1. The maximum atomic E-state index is 9.38. The number of unbranched alkanes of at least 4 members (excludes halogenated alkanes) is 1. The van der Waals surface area contributed by atoms with Crippen LogP contribution in [0.25, 0.3) is 0 Å². The maximum absolute atomic E-state index is 9.38. The standard InChI is InChI=1S/C15H20BrClN2O/c1-2-3-7-15-18(10-14(11-20)19(15)17)9-12-5-4-6-13(16)8-12/h4-6,8,10,15,20H,2-3,7,9,11H2,1H3. The third-order valence-corrected chi connectivity index (χ3v) is 4.40. The van der Waals surface area contributed by atoms with Crippen molar-refractivity contribution >= 4 is 27.7 Å². The number of rotatable bonds is 6. The van der Waals surface area contributed by atoms with Crippen LogP contribution in [0.1, 0.15) is 31.7 Å². The van der Waals surface area contributed by atoms with Crippen LogP contribution in [0, 0.1) is 0 Å². The van der Waals surface area contributed by atoms with Crippen LogP contribution in [0.5, 0.6) is 0 Å². The number of halogens is 2. The molecule has 1 N–H and O–H groups in total. The van der Waals surface area contributed by atoms with Gasteiger partial charge in [0.05, 0.1) is 12.3 Å². The minimum atomic E-state index is -0.0267. The molecule has 1 aliphatic rings. The summed E-state index contributed by atoms with van der Waals surface area (Å²) in [4.78, 5) is 2.20. The van der Waals surface area contributed by atoms with Gasteiger partial charge < -0.3 is 10.0 Å². The Morgan fingerprint density at radius 1 is 1.40 bits per heavy atom. The second kappa shape index (κ2) is 7.34. The zero-order valence-corrected chi connectivity index (χ0v) is 13.9. The first-order valence-electron chi connectivity index (χ1n) is 6.92. The number of hydrogen-bond acceptors (Lipinski definition) is 3. The van der Waals surface area contributed by atoms with Crippen molar-refractivity contribution < 1.29 is 5.11 Å². The van der Waals surface area contributed by atoms with Gasteiger partial charge in [0, 0.05) is 29.0 Å². The van der Waals surface area contributed by atoms with Gasteiger partial charge in [-0.25, -0.2) is 0 Å². The van der Waals surface area contributed by atoms with E-state index in [-0.39, 0.29) is 12.8 Å². The molecule has 1 aromatic carbocycles. The van der Waals surface area contributed by atoms with Gasteiger partial charge in [0.25, 0.3) is 0 Å². The van der Waals surface area contributed by atoms with Gasteiger partial charge in [0.1, 0.15) is 6.17 Å². The average molecular weight is 360 g/mol. The van der Waals surface area contributed by atoms with Crippen molar-refractivity contribution in [3.63, 3.8) is 0 Å². The Labute approximate surface area is 134 Å². The van der Waals surface area contributed by atoms with Crippen LogP contribution < -0.4 is 0 Å². The highest BCUT2D eigenvalue weighted by molar-refractivity contribution is 9.10. The third-order valence-electron chi connectivity index (χ3n) is 3.47. The lowest BCUT2D eigenvalue weighted by Gasteiger charge is -2.29. The summed E-state index contributed by atoms with van der Waals surface area (Å²) >= 11 is 9.82. The monoisotopic (exact) mass is 358 g/mol. The molecule has 0 saturated carbocycles. The zero-order valence-electron chi connectivity index (χ0n) is 11.6. The topological polar surface area (TPSA) is 26.7 Å². The van der Waals surface area contributed by atoms with Crippen molar-refractivity contribution in [1.29, 1.82) is 0 Å². The lowest BCUT2D eigenvalue weighted by atomic mass is 10.1. The van der Waals surface area contributed by atoms with E-state index < -0.39 is 0 Å². The summed E-state index contributed by atoms with van der Waals surface area (Å²) in [7, 11) is 0. The van der Waals surface area contributed by atoms with Crippen molar-refractivity contribution in [2.45, 2.75) is 38.9 Å². The Kier molecular flexibility index (Phi) is 5.75. The molecule has 0 amide bonds. The van der Waals surface area contributed by atoms with Gasteiger partial charge in [-0.2, -0.15) is 0 Å². The molecule has 0 aliphatic carbocycles. The molecule has 1 aliphatic heterocycles. The van der Waals surface area contributed by atoms with E-state index in [1.165, 1.54) is 5.56 Å². The smallest absolute Gasteiger partial charge is 0.117 e. The fourth-order valence-electron chi connectivity index (χ4n) is 2.43. The van der Waals surface area contributed by atoms with E-state index in [1.807, 2.05) is 18.3 Å². The fraction of sp³-hybridized carbons (Fsp3) is 0.467. The Bertz CT molecular complexity index is 481. The summed E-state index contributed by atoms with van der Waals surface area (Å²) in [5.41, 5.74) is 1.99. The largest absolute Gasteiger partial charge is 0.390 e. The molecule has 0 aromatic heterocycles. The predicted octanol–water partition coefficient (Wildman–Crippen LogP) is 4.07. The Hall–Kier alpha value is -0.710. The molecule has 110 valence electrons. The van der Waals surface area contributed by atoms with Crippen LogP contribution in [0.4, 0.5) is 0 Å². The van der Waals surface area contributed by atoms with E-state index in [9.17, 15) is 5.11 Å². The van der Waals surface area contributed by atoms with Crippen molar-refractivity contribution in [1.82, 2.24) is 9.32 Å². The summed E-state index contributed by atoms with van der Waals surface area (Å²) in [6, 6.07) is 8.27. The average Bonchev–Trinajstić information content (AvgIpc) is 2.72. The lowest BCUT2D eigenvalue weighted by molar-refractivity contribution is 0.183. The summed E-state index contributed by atoms with van der Waals surface area (Å²) in [6.45, 7) is 2.94. The molecule has 20 heavy (non-hydrogen) atoms. The molecule has 1 atom stereocenters. The Morgan fingerprint density at radius 2 is 2.20 bits per heavy atom. The number of nitrogens with zero attached hydrogens (tertiary/aromatic N) is 2. The highest BCUT2D eigenvalue weighted by Gasteiger charge is 2.30. The van der Waals surface area contributed by atoms with E-state index in [1.54, 1.807) is 4.42 Å². The van der Waals surface area contributed by atoms with Crippen LogP contribution in [0.3, 0.4) is 0 Å². The number of aliphatic hydroxyl groups is 1. The van der Waals surface area contributed by atoms with Crippen LogP contribution in [-0.4, -0.2) is 27.2 Å². The normalized spacial score (nSPS) is 18.6. The van der Waals surface area contributed by atoms with E-state index in [2.05, 4.69) is 39.9 Å². The van der Waals surface area contributed by atoms with Gasteiger partial charge in [-0.1, -0.05) is 41.4 Å². The molecule has 2 rings (SSSR count). The SMILES string of the molecule is CCCCC1N(Cc2cccc(Br)c2)C=C(CO)N1Cl. The number of hydrogen-bond donors (Lipinski definition) is 1. The van der Waals surface area contributed by atoms with Crippen molar-refractivity contribution in [3.8, 4) is 0 Å². The van der Waals surface area contributed by atoms with Crippen LogP contribution in [0.15, 0.2) is 40.6 Å². The summed E-state index contributed by atoms with van der Waals surface area (Å²) in [6.07, 6.45) is 5.34. The summed E-state index contributed by atoms with van der Waals surface area (Å²) in [5, 5.41) is 9.38. The summed E-state index contributed by atoms with van der Waals surface area (Å²) in [5.74, 6) is 0. The molecule has 0 saturated heterocycles. The first-order chi connectivity index (χ1) is 9.65. The van der Waals surface area contributed by atoms with Crippen LogP contribution in [-0.2, 0) is 6.54 Å². The third kappa shape index (κ3) is 3.68. The minimum Gasteiger partial charge on any atom is -0.390 e. The van der Waals surface area contributed by atoms with E-state index in [0.717, 1.165) is 36.0 Å². The fourth-order valence-corrected chi connectivity index (χ4v) is 3.18. The minimum absolute atomic E-state index is 0.0267. The van der Waals surface area contributed by atoms with E-state index >= 15 is 0 Å². The molecule has 3 nitrogen and oxygen atoms in total. The van der Waals surface area contributed by atoms with Crippen LogP contribution in [0.2, 0.25) is 0 Å². The summed E-state index contributed by atoms with van der Waals surface area (Å²) < 4.78 is 2.75. The van der Waals surface area contributed by atoms with Gasteiger partial charge in [0.15, 0.2) is 0 Å².